The van der Waals surface area contributed by atoms with E-state index in [9.17, 15) is 0 Å². The fraction of sp³-hybridized carbons (Fsp3) is 0.364. The average Bonchev–Trinajstić information content (AvgIpc) is 2.67. The van der Waals surface area contributed by atoms with E-state index < -0.39 is 0 Å². The third kappa shape index (κ3) is 2.29. The number of anilines is 1. The number of hydrogen-bond donors (Lipinski definition) is 1. The number of hydrogen-bond acceptors (Lipinski definition) is 3. The van der Waals surface area contributed by atoms with Crippen LogP contribution < -0.4 is 5.32 Å². The van der Waals surface area contributed by atoms with Crippen LogP contribution in [0.5, 0.6) is 0 Å². The van der Waals surface area contributed by atoms with Crippen LogP contribution in [-0.2, 0) is 0 Å². The molecule has 3 heteroatoms. The van der Waals surface area contributed by atoms with Gasteiger partial charge in [0.1, 0.15) is 0 Å². The third-order valence-corrected chi connectivity index (χ3v) is 3.24. The summed E-state index contributed by atoms with van der Waals surface area (Å²) in [6, 6.07) is 10.7. The zero-order valence-electron chi connectivity index (χ0n) is 8.23. The maximum absolute atomic E-state index is 4.57. The van der Waals surface area contributed by atoms with Crippen LogP contribution in [0.25, 0.3) is 0 Å². The maximum atomic E-state index is 4.57. The number of para-hydroxylation sites is 1. The van der Waals surface area contributed by atoms with Crippen molar-refractivity contribution in [2.45, 2.75) is 19.4 Å². The number of nitrogens with zero attached hydrogens (tertiary/aromatic N) is 1. The molecule has 1 unspecified atom stereocenters. The van der Waals surface area contributed by atoms with E-state index in [0.29, 0.717) is 6.04 Å². The SMILES string of the molecule is CCC1CSC(Nc2ccccc2)=N1. The lowest BCUT2D eigenvalue weighted by Crippen LogP contribution is -2.04. The van der Waals surface area contributed by atoms with Crippen LogP contribution in [0.15, 0.2) is 35.3 Å². The summed E-state index contributed by atoms with van der Waals surface area (Å²) in [6.07, 6.45) is 1.13. The van der Waals surface area contributed by atoms with Gasteiger partial charge < -0.3 is 5.32 Å². The molecule has 0 bridgehead atoms. The summed E-state index contributed by atoms with van der Waals surface area (Å²) in [6.45, 7) is 2.18. The van der Waals surface area contributed by atoms with Crippen LogP contribution in [0, 0.1) is 0 Å². The Balaban J connectivity index is 1.99. The molecule has 74 valence electrons. The van der Waals surface area contributed by atoms with Gasteiger partial charge in [0.15, 0.2) is 5.17 Å². The highest BCUT2D eigenvalue weighted by Gasteiger charge is 2.15. The minimum absolute atomic E-state index is 0.506. The highest BCUT2D eigenvalue weighted by atomic mass is 32.2. The molecule has 0 saturated carbocycles. The highest BCUT2D eigenvalue weighted by molar-refractivity contribution is 8.14. The maximum Gasteiger partial charge on any atom is 0.161 e. The van der Waals surface area contributed by atoms with Crippen molar-refractivity contribution in [3.8, 4) is 0 Å². The van der Waals surface area contributed by atoms with Crippen molar-refractivity contribution in [3.05, 3.63) is 30.3 Å². The third-order valence-electron chi connectivity index (χ3n) is 2.21. The Hall–Kier alpha value is -0.960. The van der Waals surface area contributed by atoms with Crippen LogP contribution >= 0.6 is 11.8 Å². The second-order valence-corrected chi connectivity index (χ2v) is 4.31. The minimum Gasteiger partial charge on any atom is -0.335 e. The van der Waals surface area contributed by atoms with Gasteiger partial charge >= 0.3 is 0 Å². The largest absolute Gasteiger partial charge is 0.335 e. The first-order valence-electron chi connectivity index (χ1n) is 4.91. The van der Waals surface area contributed by atoms with Crippen molar-refractivity contribution in [2.24, 2.45) is 4.99 Å². The van der Waals surface area contributed by atoms with E-state index in [1.54, 1.807) is 0 Å². The standard InChI is InChI=1S/C11H14N2S/c1-2-9-8-14-11(12-9)13-10-6-4-3-5-7-10/h3-7,9H,2,8H2,1H3,(H,12,13). The topological polar surface area (TPSA) is 24.4 Å². The van der Waals surface area contributed by atoms with Gasteiger partial charge in [-0.2, -0.15) is 0 Å². The molecule has 0 aliphatic carbocycles. The van der Waals surface area contributed by atoms with E-state index in [-0.39, 0.29) is 0 Å². The Morgan fingerprint density at radius 2 is 2.21 bits per heavy atom. The van der Waals surface area contributed by atoms with Crippen molar-refractivity contribution in [1.82, 2.24) is 0 Å². The zero-order valence-corrected chi connectivity index (χ0v) is 9.05. The van der Waals surface area contributed by atoms with Crippen molar-refractivity contribution in [3.63, 3.8) is 0 Å². The molecule has 1 N–H and O–H groups in total. The summed E-state index contributed by atoms with van der Waals surface area (Å²) in [5.41, 5.74) is 1.12. The minimum atomic E-state index is 0.506. The second kappa shape index (κ2) is 4.51. The number of nitrogens with one attached hydrogen (secondary N) is 1. The number of thioether (sulfide) groups is 1. The number of benzene rings is 1. The van der Waals surface area contributed by atoms with Gasteiger partial charge in [0.2, 0.25) is 0 Å². The molecule has 0 aromatic heterocycles. The summed E-state index contributed by atoms with van der Waals surface area (Å²) in [5.74, 6) is 1.12. The van der Waals surface area contributed by atoms with Crippen LogP contribution in [0.1, 0.15) is 13.3 Å². The van der Waals surface area contributed by atoms with E-state index in [4.69, 9.17) is 0 Å². The molecule has 1 aliphatic rings. The Morgan fingerprint density at radius 1 is 1.43 bits per heavy atom. The first-order valence-corrected chi connectivity index (χ1v) is 5.89. The summed E-state index contributed by atoms with van der Waals surface area (Å²) >= 11 is 1.81. The van der Waals surface area contributed by atoms with E-state index in [2.05, 4.69) is 29.4 Å². The second-order valence-electron chi connectivity index (χ2n) is 3.30. The quantitative estimate of drug-likeness (QED) is 0.804. The van der Waals surface area contributed by atoms with Gasteiger partial charge in [-0.3, -0.25) is 4.99 Å². The molecule has 0 radical (unpaired) electrons. The smallest absolute Gasteiger partial charge is 0.161 e. The van der Waals surface area contributed by atoms with Gasteiger partial charge in [-0.1, -0.05) is 36.9 Å². The Morgan fingerprint density at radius 3 is 2.86 bits per heavy atom. The lowest BCUT2D eigenvalue weighted by Gasteiger charge is -2.03. The monoisotopic (exact) mass is 206 g/mol. The predicted octanol–water partition coefficient (Wildman–Crippen LogP) is 2.98. The van der Waals surface area contributed by atoms with E-state index in [1.165, 1.54) is 0 Å². The van der Waals surface area contributed by atoms with Crippen molar-refractivity contribution in [2.75, 3.05) is 11.1 Å². The summed E-state index contributed by atoms with van der Waals surface area (Å²) in [7, 11) is 0. The number of aliphatic imine (C=N–C) groups is 1. The Labute approximate surface area is 88.8 Å². The van der Waals surface area contributed by atoms with Crippen LogP contribution in [0.3, 0.4) is 0 Å². The molecule has 2 nitrogen and oxygen atoms in total. The zero-order chi connectivity index (χ0) is 9.80. The van der Waals surface area contributed by atoms with Gasteiger partial charge in [-0.15, -0.1) is 0 Å². The average molecular weight is 206 g/mol. The van der Waals surface area contributed by atoms with Crippen molar-refractivity contribution in [1.29, 1.82) is 0 Å². The van der Waals surface area contributed by atoms with Crippen molar-refractivity contribution < 1.29 is 0 Å². The fourth-order valence-electron chi connectivity index (χ4n) is 1.34. The van der Waals surface area contributed by atoms with Crippen LogP contribution in [0.2, 0.25) is 0 Å². The van der Waals surface area contributed by atoms with Crippen molar-refractivity contribution >= 4 is 22.6 Å². The molecule has 1 aromatic carbocycles. The molecule has 0 fully saturated rings. The van der Waals surface area contributed by atoms with Gasteiger partial charge in [0, 0.05) is 11.4 Å². The van der Waals surface area contributed by atoms with Gasteiger partial charge in [0.05, 0.1) is 6.04 Å². The van der Waals surface area contributed by atoms with E-state index >= 15 is 0 Å². The molecule has 1 aromatic rings. The Kier molecular flexibility index (Phi) is 3.09. The molecular weight excluding hydrogens is 192 g/mol. The molecule has 2 rings (SSSR count). The van der Waals surface area contributed by atoms with E-state index in [0.717, 1.165) is 23.0 Å². The molecule has 0 saturated heterocycles. The summed E-state index contributed by atoms with van der Waals surface area (Å²) < 4.78 is 0. The number of rotatable bonds is 2. The predicted molar refractivity (Wildman–Crippen MR) is 64.0 cm³/mol. The molecular formula is C11H14N2S. The first kappa shape index (κ1) is 9.59. The molecule has 1 atom stereocenters. The summed E-state index contributed by atoms with van der Waals surface area (Å²) in [5, 5.41) is 4.38. The highest BCUT2D eigenvalue weighted by Crippen LogP contribution is 2.21. The van der Waals surface area contributed by atoms with Gasteiger partial charge in [-0.05, 0) is 18.6 Å². The summed E-state index contributed by atoms with van der Waals surface area (Å²) in [4.78, 5) is 4.57. The number of amidine groups is 1. The lowest BCUT2D eigenvalue weighted by atomic mass is 10.3. The van der Waals surface area contributed by atoms with E-state index in [1.807, 2.05) is 30.0 Å². The molecule has 0 spiro atoms. The first-order chi connectivity index (χ1) is 6.88. The van der Waals surface area contributed by atoms with Crippen LogP contribution in [-0.4, -0.2) is 17.0 Å². The van der Waals surface area contributed by atoms with Gasteiger partial charge in [0.25, 0.3) is 0 Å². The molecule has 1 heterocycles. The lowest BCUT2D eigenvalue weighted by molar-refractivity contribution is 0.738. The van der Waals surface area contributed by atoms with Gasteiger partial charge in [-0.25, -0.2) is 0 Å². The molecule has 14 heavy (non-hydrogen) atoms. The molecule has 0 amide bonds. The molecule has 1 aliphatic heterocycles. The Bertz CT molecular complexity index is 321. The van der Waals surface area contributed by atoms with Crippen LogP contribution in [0.4, 0.5) is 5.69 Å². The fourth-order valence-corrected chi connectivity index (χ4v) is 2.41. The normalized spacial score (nSPS) is 20.6.